The highest BCUT2D eigenvalue weighted by atomic mass is 16.5. The van der Waals surface area contributed by atoms with Crippen molar-refractivity contribution in [1.29, 1.82) is 0 Å². The molecule has 2 rings (SSSR count). The van der Waals surface area contributed by atoms with Crippen LogP contribution in [-0.2, 0) is 16.0 Å². The first-order valence-corrected chi connectivity index (χ1v) is 6.02. The number of aromatic nitrogens is 1. The van der Waals surface area contributed by atoms with Gasteiger partial charge >= 0.3 is 5.97 Å². The summed E-state index contributed by atoms with van der Waals surface area (Å²) >= 11 is 0. The molecule has 92 valence electrons. The molecule has 0 saturated heterocycles. The number of carbonyl (C=O) groups excluding carboxylic acids is 1. The highest BCUT2D eigenvalue weighted by Gasteiger charge is 2.36. The maximum Gasteiger partial charge on any atom is 0.323 e. The van der Waals surface area contributed by atoms with Crippen LogP contribution >= 0.6 is 0 Å². The van der Waals surface area contributed by atoms with Crippen LogP contribution < -0.4 is 5.32 Å². The van der Waals surface area contributed by atoms with Crippen molar-refractivity contribution in [3.8, 4) is 0 Å². The maximum atomic E-state index is 11.5. The molecule has 1 aliphatic carbocycles. The van der Waals surface area contributed by atoms with E-state index < -0.39 is 0 Å². The summed E-state index contributed by atoms with van der Waals surface area (Å²) in [5.74, 6) is 0.319. The fraction of sp³-hybridized carbons (Fsp3) is 0.538. The van der Waals surface area contributed by atoms with Crippen molar-refractivity contribution in [3.05, 3.63) is 30.1 Å². The van der Waals surface area contributed by atoms with Gasteiger partial charge < -0.3 is 10.1 Å². The minimum Gasteiger partial charge on any atom is -0.468 e. The van der Waals surface area contributed by atoms with Crippen LogP contribution in [0.2, 0.25) is 0 Å². The lowest BCUT2D eigenvalue weighted by Crippen LogP contribution is -2.40. The zero-order chi connectivity index (χ0) is 12.1. The molecule has 17 heavy (non-hydrogen) atoms. The summed E-state index contributed by atoms with van der Waals surface area (Å²) in [7, 11) is 1.44. The van der Waals surface area contributed by atoms with E-state index in [0.717, 1.165) is 31.5 Å². The lowest BCUT2D eigenvalue weighted by atomic mass is 10.2. The minimum atomic E-state index is -0.145. The van der Waals surface area contributed by atoms with E-state index in [0.29, 0.717) is 5.92 Å². The Morgan fingerprint density at radius 1 is 1.59 bits per heavy atom. The Morgan fingerprint density at radius 2 is 2.41 bits per heavy atom. The molecule has 0 bridgehead atoms. The first-order valence-electron chi connectivity index (χ1n) is 6.02. The Kier molecular flexibility index (Phi) is 4.09. The van der Waals surface area contributed by atoms with Crippen LogP contribution in [0, 0.1) is 5.92 Å². The van der Waals surface area contributed by atoms with Crippen LogP contribution in [0.25, 0.3) is 0 Å². The third-order valence-corrected chi connectivity index (χ3v) is 3.02. The summed E-state index contributed by atoms with van der Waals surface area (Å²) in [4.78, 5) is 15.8. The Balaban J connectivity index is 1.78. The molecule has 0 radical (unpaired) electrons. The van der Waals surface area contributed by atoms with Crippen LogP contribution in [0.3, 0.4) is 0 Å². The fourth-order valence-corrected chi connectivity index (χ4v) is 1.90. The molecule has 1 unspecified atom stereocenters. The molecule has 1 heterocycles. The van der Waals surface area contributed by atoms with Gasteiger partial charge in [0.1, 0.15) is 6.04 Å². The number of methoxy groups -OCH3 is 1. The van der Waals surface area contributed by atoms with Gasteiger partial charge in [0.15, 0.2) is 0 Å². The van der Waals surface area contributed by atoms with Crippen molar-refractivity contribution in [2.24, 2.45) is 5.92 Å². The lowest BCUT2D eigenvalue weighted by molar-refractivity contribution is -0.143. The lowest BCUT2D eigenvalue weighted by Gasteiger charge is -2.15. The van der Waals surface area contributed by atoms with E-state index in [1.54, 1.807) is 6.20 Å². The molecule has 1 fully saturated rings. The zero-order valence-corrected chi connectivity index (χ0v) is 10.1. The van der Waals surface area contributed by atoms with Gasteiger partial charge in [0.05, 0.1) is 7.11 Å². The van der Waals surface area contributed by atoms with E-state index >= 15 is 0 Å². The number of carbonyl (C=O) groups is 1. The van der Waals surface area contributed by atoms with E-state index in [1.807, 2.05) is 18.2 Å². The molecule has 1 aliphatic rings. The van der Waals surface area contributed by atoms with Crippen molar-refractivity contribution < 1.29 is 9.53 Å². The number of nitrogens with zero attached hydrogens (tertiary/aromatic N) is 1. The van der Waals surface area contributed by atoms with Gasteiger partial charge in [-0.25, -0.2) is 0 Å². The van der Waals surface area contributed by atoms with Crippen LogP contribution in [0.1, 0.15) is 18.5 Å². The molecule has 1 N–H and O–H groups in total. The van der Waals surface area contributed by atoms with Crippen molar-refractivity contribution >= 4 is 5.97 Å². The number of pyridine rings is 1. The van der Waals surface area contributed by atoms with Crippen LogP contribution in [0.15, 0.2) is 24.4 Å². The number of rotatable bonds is 6. The molecule has 1 aromatic heterocycles. The second-order valence-corrected chi connectivity index (χ2v) is 4.36. The molecule has 0 aromatic carbocycles. The minimum absolute atomic E-state index is 0.135. The molecular formula is C13H18N2O2. The Morgan fingerprint density at radius 3 is 3.00 bits per heavy atom. The predicted octanol–water partition coefficient (Wildman–Crippen LogP) is 1.17. The number of ether oxygens (including phenoxy) is 1. The zero-order valence-electron chi connectivity index (χ0n) is 10.1. The predicted molar refractivity (Wildman–Crippen MR) is 64.5 cm³/mol. The summed E-state index contributed by atoms with van der Waals surface area (Å²) < 4.78 is 4.80. The molecule has 4 heteroatoms. The molecule has 1 saturated carbocycles. The second-order valence-electron chi connectivity index (χ2n) is 4.36. The van der Waals surface area contributed by atoms with Crippen molar-refractivity contribution in [2.45, 2.75) is 25.3 Å². The van der Waals surface area contributed by atoms with E-state index in [9.17, 15) is 4.79 Å². The fourth-order valence-electron chi connectivity index (χ4n) is 1.90. The van der Waals surface area contributed by atoms with Gasteiger partial charge in [-0.05, 0) is 30.9 Å². The van der Waals surface area contributed by atoms with Gasteiger partial charge in [0.2, 0.25) is 0 Å². The quantitative estimate of drug-likeness (QED) is 0.751. The highest BCUT2D eigenvalue weighted by Crippen LogP contribution is 2.33. The number of hydrogen-bond acceptors (Lipinski definition) is 4. The van der Waals surface area contributed by atoms with Crippen LogP contribution in [-0.4, -0.2) is 30.6 Å². The Bertz CT molecular complexity index is 363. The topological polar surface area (TPSA) is 51.2 Å². The SMILES string of the molecule is COC(=O)C(NCCc1ccccn1)C1CC1. The van der Waals surface area contributed by atoms with Crippen molar-refractivity contribution in [2.75, 3.05) is 13.7 Å². The van der Waals surface area contributed by atoms with Gasteiger partial charge in [-0.2, -0.15) is 0 Å². The first-order chi connectivity index (χ1) is 8.31. The molecule has 4 nitrogen and oxygen atoms in total. The molecule has 0 aliphatic heterocycles. The third kappa shape index (κ3) is 3.53. The molecular weight excluding hydrogens is 216 g/mol. The van der Waals surface area contributed by atoms with Gasteiger partial charge in [0, 0.05) is 24.9 Å². The number of esters is 1. The maximum absolute atomic E-state index is 11.5. The van der Waals surface area contributed by atoms with Gasteiger partial charge in [0.25, 0.3) is 0 Å². The van der Waals surface area contributed by atoms with Gasteiger partial charge in [-0.3, -0.25) is 9.78 Å². The number of nitrogens with one attached hydrogen (secondary N) is 1. The average molecular weight is 234 g/mol. The molecule has 1 aromatic rings. The monoisotopic (exact) mass is 234 g/mol. The highest BCUT2D eigenvalue weighted by molar-refractivity contribution is 5.76. The average Bonchev–Trinajstić information content (AvgIpc) is 3.19. The smallest absolute Gasteiger partial charge is 0.323 e. The molecule has 1 atom stereocenters. The Hall–Kier alpha value is -1.42. The summed E-state index contributed by atoms with van der Waals surface area (Å²) in [6, 6.07) is 5.73. The first kappa shape index (κ1) is 12.0. The summed E-state index contributed by atoms with van der Waals surface area (Å²) in [6.07, 6.45) is 4.86. The van der Waals surface area contributed by atoms with Gasteiger partial charge in [-0.1, -0.05) is 6.07 Å². The van der Waals surface area contributed by atoms with Gasteiger partial charge in [-0.15, -0.1) is 0 Å². The van der Waals surface area contributed by atoms with Crippen LogP contribution in [0.5, 0.6) is 0 Å². The largest absolute Gasteiger partial charge is 0.468 e. The van der Waals surface area contributed by atoms with Crippen molar-refractivity contribution in [3.63, 3.8) is 0 Å². The summed E-state index contributed by atoms with van der Waals surface area (Å²) in [6.45, 7) is 0.757. The normalized spacial score (nSPS) is 16.5. The summed E-state index contributed by atoms with van der Waals surface area (Å²) in [5, 5.41) is 3.27. The van der Waals surface area contributed by atoms with E-state index in [1.165, 1.54) is 7.11 Å². The Labute approximate surface area is 101 Å². The third-order valence-electron chi connectivity index (χ3n) is 3.02. The van der Waals surface area contributed by atoms with Crippen LogP contribution in [0.4, 0.5) is 0 Å². The second kappa shape index (κ2) is 5.77. The van der Waals surface area contributed by atoms with E-state index in [4.69, 9.17) is 4.74 Å². The standard InChI is InChI=1S/C13H18N2O2/c1-17-13(16)12(10-5-6-10)15-9-7-11-4-2-3-8-14-11/h2-4,8,10,12,15H,5-7,9H2,1H3. The van der Waals surface area contributed by atoms with E-state index in [-0.39, 0.29) is 12.0 Å². The van der Waals surface area contributed by atoms with E-state index in [2.05, 4.69) is 10.3 Å². The summed E-state index contributed by atoms with van der Waals surface area (Å²) in [5.41, 5.74) is 1.04. The molecule has 0 amide bonds. The number of hydrogen-bond donors (Lipinski definition) is 1. The van der Waals surface area contributed by atoms with Crippen molar-refractivity contribution in [1.82, 2.24) is 10.3 Å². The molecule has 0 spiro atoms.